The third kappa shape index (κ3) is 5.16. The summed E-state index contributed by atoms with van der Waals surface area (Å²) in [7, 11) is 0. The summed E-state index contributed by atoms with van der Waals surface area (Å²) < 4.78 is 24.7. The first kappa shape index (κ1) is 15.9. The summed E-state index contributed by atoms with van der Waals surface area (Å²) in [4.78, 5) is 13.0. The van der Waals surface area contributed by atoms with Crippen molar-refractivity contribution in [3.63, 3.8) is 0 Å². The van der Waals surface area contributed by atoms with Gasteiger partial charge in [0, 0.05) is 17.9 Å². The highest BCUT2D eigenvalue weighted by Crippen LogP contribution is 2.13. The summed E-state index contributed by atoms with van der Waals surface area (Å²) in [6, 6.07) is 6.87. The second-order valence-electron chi connectivity index (χ2n) is 4.00. The number of carbonyl (C=O) groups is 1. The minimum atomic E-state index is -2.61. The van der Waals surface area contributed by atoms with Crippen LogP contribution in [0.5, 0.6) is 0 Å². The number of hydrogen-bond acceptors (Lipinski definition) is 3. The number of rotatable bonds is 7. The molecule has 1 aromatic rings. The molecule has 0 saturated heterocycles. The zero-order valence-corrected chi connectivity index (χ0v) is 11.5. The van der Waals surface area contributed by atoms with Crippen LogP contribution < -0.4 is 0 Å². The molecule has 0 aromatic heterocycles. The van der Waals surface area contributed by atoms with E-state index in [1.807, 2.05) is 18.4 Å². The molecule has 0 aliphatic heterocycles. The Labute approximate surface area is 115 Å². The van der Waals surface area contributed by atoms with Crippen molar-refractivity contribution in [3.05, 3.63) is 35.4 Å². The first-order valence-corrected chi connectivity index (χ1v) is 7.24. The van der Waals surface area contributed by atoms with E-state index in [-0.39, 0.29) is 13.2 Å². The number of nitrogens with zero attached hydrogens (tertiary/aromatic N) is 1. The fourth-order valence-corrected chi connectivity index (χ4v) is 2.18. The van der Waals surface area contributed by atoms with Gasteiger partial charge in [-0.15, -0.1) is 0 Å². The molecule has 0 unspecified atom stereocenters. The minimum Gasteiger partial charge on any atom is -0.395 e. The average Bonchev–Trinajstić information content (AvgIpc) is 2.38. The number of aliphatic hydroxyl groups excluding tert-OH is 1. The third-order valence-electron chi connectivity index (χ3n) is 2.53. The van der Waals surface area contributed by atoms with Crippen molar-refractivity contribution in [2.45, 2.75) is 12.2 Å². The Balaban J connectivity index is 2.77. The molecule has 0 radical (unpaired) electrons. The summed E-state index contributed by atoms with van der Waals surface area (Å²) in [5, 5.41) is 8.82. The molecule has 1 aromatic carbocycles. The lowest BCUT2D eigenvalue weighted by molar-refractivity contribution is 0.0509. The molecule has 6 heteroatoms. The third-order valence-corrected chi connectivity index (χ3v) is 3.15. The van der Waals surface area contributed by atoms with Gasteiger partial charge in [0.1, 0.15) is 0 Å². The van der Waals surface area contributed by atoms with Crippen LogP contribution in [0.25, 0.3) is 0 Å². The Hall–Kier alpha value is -1.14. The highest BCUT2D eigenvalue weighted by molar-refractivity contribution is 7.97. The largest absolute Gasteiger partial charge is 0.395 e. The molecule has 3 nitrogen and oxygen atoms in total. The fourth-order valence-electron chi connectivity index (χ4n) is 1.66. The van der Waals surface area contributed by atoms with E-state index < -0.39 is 18.9 Å². The van der Waals surface area contributed by atoms with Gasteiger partial charge in [-0.3, -0.25) is 4.79 Å². The maximum absolute atomic E-state index is 12.4. The lowest BCUT2D eigenvalue weighted by atomic mass is 10.1. The highest BCUT2D eigenvalue weighted by atomic mass is 32.2. The van der Waals surface area contributed by atoms with Crippen LogP contribution in [-0.4, -0.2) is 48.3 Å². The van der Waals surface area contributed by atoms with Crippen molar-refractivity contribution >= 4 is 17.7 Å². The number of aliphatic hydroxyl groups is 1. The van der Waals surface area contributed by atoms with Crippen LogP contribution in [0.1, 0.15) is 15.9 Å². The number of halogens is 2. The first-order chi connectivity index (χ1) is 9.08. The molecular formula is C13H17F2NO2S. The second-order valence-corrected chi connectivity index (χ2v) is 4.86. The average molecular weight is 289 g/mol. The van der Waals surface area contributed by atoms with Crippen LogP contribution in [0.2, 0.25) is 0 Å². The SMILES string of the molecule is CSCc1ccc(C(=O)N(CCO)CC(F)F)cc1. The summed E-state index contributed by atoms with van der Waals surface area (Å²) in [5.74, 6) is 0.358. The minimum absolute atomic E-state index is 0.0876. The van der Waals surface area contributed by atoms with Crippen molar-refractivity contribution < 1.29 is 18.7 Å². The monoisotopic (exact) mass is 289 g/mol. The molecule has 0 fully saturated rings. The topological polar surface area (TPSA) is 40.5 Å². The molecule has 19 heavy (non-hydrogen) atoms. The normalized spacial score (nSPS) is 10.8. The number of alkyl halides is 2. The summed E-state index contributed by atoms with van der Waals surface area (Å²) in [5.41, 5.74) is 1.44. The van der Waals surface area contributed by atoms with Gasteiger partial charge in [-0.2, -0.15) is 11.8 Å². The maximum atomic E-state index is 12.4. The van der Waals surface area contributed by atoms with E-state index in [0.717, 1.165) is 16.2 Å². The van der Waals surface area contributed by atoms with Gasteiger partial charge in [-0.1, -0.05) is 12.1 Å². The highest BCUT2D eigenvalue weighted by Gasteiger charge is 2.19. The van der Waals surface area contributed by atoms with Crippen molar-refractivity contribution in [1.82, 2.24) is 4.90 Å². The maximum Gasteiger partial charge on any atom is 0.255 e. The van der Waals surface area contributed by atoms with Gasteiger partial charge in [0.2, 0.25) is 0 Å². The van der Waals surface area contributed by atoms with E-state index in [9.17, 15) is 13.6 Å². The number of amides is 1. The van der Waals surface area contributed by atoms with E-state index in [2.05, 4.69) is 0 Å². The van der Waals surface area contributed by atoms with E-state index in [1.54, 1.807) is 23.9 Å². The zero-order chi connectivity index (χ0) is 14.3. The molecule has 0 aliphatic rings. The van der Waals surface area contributed by atoms with Crippen LogP contribution >= 0.6 is 11.8 Å². The van der Waals surface area contributed by atoms with Crippen LogP contribution in [0.4, 0.5) is 8.78 Å². The molecule has 0 spiro atoms. The Bertz CT molecular complexity index is 398. The number of benzene rings is 1. The van der Waals surface area contributed by atoms with Gasteiger partial charge in [-0.25, -0.2) is 8.78 Å². The van der Waals surface area contributed by atoms with E-state index in [1.165, 1.54) is 0 Å². The summed E-state index contributed by atoms with van der Waals surface area (Å²) in [6.45, 7) is -1.08. The van der Waals surface area contributed by atoms with Gasteiger partial charge in [0.05, 0.1) is 13.2 Å². The van der Waals surface area contributed by atoms with Crippen LogP contribution in [-0.2, 0) is 5.75 Å². The lowest BCUT2D eigenvalue weighted by Gasteiger charge is -2.21. The molecule has 0 bridgehead atoms. The van der Waals surface area contributed by atoms with Gasteiger partial charge >= 0.3 is 0 Å². The number of hydrogen-bond donors (Lipinski definition) is 1. The standard InChI is InChI=1S/C13H17F2NO2S/c1-19-9-10-2-4-11(5-3-10)13(18)16(6-7-17)8-12(14)15/h2-5,12,17H,6-9H2,1H3. The second kappa shape index (κ2) is 8.12. The predicted molar refractivity (Wildman–Crippen MR) is 72.7 cm³/mol. The molecule has 1 N–H and O–H groups in total. The van der Waals surface area contributed by atoms with E-state index in [4.69, 9.17) is 5.11 Å². The predicted octanol–water partition coefficient (Wildman–Crippen LogP) is 2.25. The Morgan fingerprint density at radius 1 is 1.37 bits per heavy atom. The van der Waals surface area contributed by atoms with Crippen LogP contribution in [0, 0.1) is 0 Å². The Morgan fingerprint density at radius 3 is 2.47 bits per heavy atom. The summed E-state index contributed by atoms with van der Waals surface area (Å²) >= 11 is 1.66. The Morgan fingerprint density at radius 2 is 2.00 bits per heavy atom. The molecular weight excluding hydrogens is 272 g/mol. The van der Waals surface area contributed by atoms with E-state index >= 15 is 0 Å². The molecule has 1 amide bonds. The molecule has 0 saturated carbocycles. The zero-order valence-electron chi connectivity index (χ0n) is 10.7. The van der Waals surface area contributed by atoms with Crippen molar-refractivity contribution in [2.75, 3.05) is 26.0 Å². The molecule has 0 atom stereocenters. The quantitative estimate of drug-likeness (QED) is 0.837. The van der Waals surface area contributed by atoms with Crippen molar-refractivity contribution in [1.29, 1.82) is 0 Å². The first-order valence-electron chi connectivity index (χ1n) is 5.84. The van der Waals surface area contributed by atoms with Crippen molar-refractivity contribution in [3.8, 4) is 0 Å². The summed E-state index contributed by atoms with van der Waals surface area (Å²) in [6.07, 6.45) is -0.628. The molecule has 1 rings (SSSR count). The van der Waals surface area contributed by atoms with Gasteiger partial charge < -0.3 is 10.0 Å². The van der Waals surface area contributed by atoms with Gasteiger partial charge in [-0.05, 0) is 24.0 Å². The number of carbonyl (C=O) groups excluding carboxylic acids is 1. The molecule has 0 aliphatic carbocycles. The van der Waals surface area contributed by atoms with Crippen molar-refractivity contribution in [2.24, 2.45) is 0 Å². The fraction of sp³-hybridized carbons (Fsp3) is 0.462. The number of thioether (sulfide) groups is 1. The van der Waals surface area contributed by atoms with Gasteiger partial charge in [0.15, 0.2) is 0 Å². The van der Waals surface area contributed by atoms with Crippen LogP contribution in [0.3, 0.4) is 0 Å². The Kier molecular flexibility index (Phi) is 6.80. The van der Waals surface area contributed by atoms with Crippen LogP contribution in [0.15, 0.2) is 24.3 Å². The molecule has 0 heterocycles. The lowest BCUT2D eigenvalue weighted by Crippen LogP contribution is -2.37. The van der Waals surface area contributed by atoms with E-state index in [0.29, 0.717) is 5.56 Å². The smallest absolute Gasteiger partial charge is 0.255 e. The van der Waals surface area contributed by atoms with Gasteiger partial charge in [0.25, 0.3) is 12.3 Å². The molecule has 106 valence electrons.